The molecule has 1 aliphatic heterocycles. The zero-order valence-corrected chi connectivity index (χ0v) is 14.6. The first-order chi connectivity index (χ1) is 11.4. The summed E-state index contributed by atoms with van der Waals surface area (Å²) in [4.78, 5) is 24.8. The van der Waals surface area contributed by atoms with Gasteiger partial charge in [-0.05, 0) is 60.9 Å². The van der Waals surface area contributed by atoms with Crippen molar-refractivity contribution in [3.05, 3.63) is 68.7 Å². The van der Waals surface area contributed by atoms with Gasteiger partial charge in [-0.15, -0.1) is 0 Å². The monoisotopic (exact) mass is 360 g/mol. The summed E-state index contributed by atoms with van der Waals surface area (Å²) in [6, 6.07) is 10.4. The minimum Gasteiger partial charge on any atom is -0.267 e. The molecule has 1 saturated heterocycles. The number of carbonyl (C=O) groups excluding carboxylic acids is 2. The third kappa shape index (κ3) is 3.03. The highest BCUT2D eigenvalue weighted by atomic mass is 35.5. The van der Waals surface area contributed by atoms with Crippen molar-refractivity contribution in [2.24, 2.45) is 0 Å². The van der Waals surface area contributed by atoms with Crippen molar-refractivity contribution in [2.75, 3.05) is 5.01 Å². The van der Waals surface area contributed by atoms with Crippen LogP contribution in [0.25, 0.3) is 6.08 Å². The Balaban J connectivity index is 1.97. The van der Waals surface area contributed by atoms with Gasteiger partial charge in [0.05, 0.1) is 5.69 Å². The van der Waals surface area contributed by atoms with E-state index in [1.54, 1.807) is 24.3 Å². The number of aryl methyl sites for hydroxylation is 2. The van der Waals surface area contributed by atoms with E-state index in [1.165, 1.54) is 11.1 Å². The number of hydrazine groups is 1. The molecule has 0 aromatic heterocycles. The van der Waals surface area contributed by atoms with Gasteiger partial charge in [0.25, 0.3) is 11.8 Å². The quantitative estimate of drug-likeness (QED) is 0.648. The second kappa shape index (κ2) is 6.30. The molecule has 1 fully saturated rings. The van der Waals surface area contributed by atoms with Crippen LogP contribution in [0.5, 0.6) is 0 Å². The molecular weight excluding hydrogens is 347 g/mol. The van der Waals surface area contributed by atoms with E-state index in [9.17, 15) is 9.59 Å². The van der Waals surface area contributed by atoms with Crippen LogP contribution in [-0.4, -0.2) is 11.8 Å². The summed E-state index contributed by atoms with van der Waals surface area (Å²) in [7, 11) is 0. The van der Waals surface area contributed by atoms with Crippen molar-refractivity contribution >= 4 is 46.8 Å². The Bertz CT molecular complexity index is 891. The summed E-state index contributed by atoms with van der Waals surface area (Å²) >= 11 is 12.0. The van der Waals surface area contributed by atoms with E-state index in [2.05, 4.69) is 5.43 Å². The molecule has 0 saturated carbocycles. The van der Waals surface area contributed by atoms with Crippen LogP contribution >= 0.6 is 23.2 Å². The zero-order chi connectivity index (χ0) is 17.4. The van der Waals surface area contributed by atoms with Crippen molar-refractivity contribution in [1.29, 1.82) is 0 Å². The molecule has 0 spiro atoms. The van der Waals surface area contributed by atoms with Crippen molar-refractivity contribution in [1.82, 2.24) is 5.43 Å². The first-order valence-corrected chi connectivity index (χ1v) is 8.02. The average molecular weight is 361 g/mol. The van der Waals surface area contributed by atoms with Gasteiger partial charge in [-0.3, -0.25) is 15.0 Å². The van der Waals surface area contributed by atoms with Crippen molar-refractivity contribution in [3.63, 3.8) is 0 Å². The van der Waals surface area contributed by atoms with E-state index in [0.717, 1.165) is 11.1 Å². The predicted molar refractivity (Wildman–Crippen MR) is 96.0 cm³/mol. The highest BCUT2D eigenvalue weighted by Crippen LogP contribution is 2.27. The maximum Gasteiger partial charge on any atom is 0.282 e. The lowest BCUT2D eigenvalue weighted by molar-refractivity contribution is -0.117. The fourth-order valence-corrected chi connectivity index (χ4v) is 2.84. The van der Waals surface area contributed by atoms with Crippen LogP contribution in [0.1, 0.15) is 16.7 Å². The molecule has 6 heteroatoms. The number of amides is 2. The lowest BCUT2D eigenvalue weighted by Gasteiger charge is -2.16. The minimum absolute atomic E-state index is 0.0254. The molecule has 122 valence electrons. The highest BCUT2D eigenvalue weighted by molar-refractivity contribution is 6.36. The van der Waals surface area contributed by atoms with Gasteiger partial charge in [0.1, 0.15) is 5.57 Å². The lowest BCUT2D eigenvalue weighted by Crippen LogP contribution is -2.35. The first kappa shape index (κ1) is 16.6. The largest absolute Gasteiger partial charge is 0.282 e. The zero-order valence-electron chi connectivity index (χ0n) is 13.1. The van der Waals surface area contributed by atoms with Gasteiger partial charge in [0, 0.05) is 10.0 Å². The van der Waals surface area contributed by atoms with E-state index in [-0.39, 0.29) is 5.57 Å². The topological polar surface area (TPSA) is 49.4 Å². The smallest absolute Gasteiger partial charge is 0.267 e. The fourth-order valence-electron chi connectivity index (χ4n) is 2.38. The van der Waals surface area contributed by atoms with E-state index >= 15 is 0 Å². The molecule has 0 unspecified atom stereocenters. The molecule has 0 aliphatic carbocycles. The van der Waals surface area contributed by atoms with Crippen molar-refractivity contribution in [3.8, 4) is 0 Å². The molecule has 2 aromatic carbocycles. The SMILES string of the molecule is Cc1ccc(N2NC(=O)/C(=C/c3ccc(Cl)cc3Cl)C2=O)cc1C. The maximum absolute atomic E-state index is 12.6. The average Bonchev–Trinajstić information content (AvgIpc) is 2.80. The van der Waals surface area contributed by atoms with Crippen LogP contribution in [0.2, 0.25) is 10.0 Å². The second-order valence-electron chi connectivity index (χ2n) is 5.57. The number of hydrogen-bond acceptors (Lipinski definition) is 2. The summed E-state index contributed by atoms with van der Waals surface area (Å²) in [6.45, 7) is 3.93. The Morgan fingerprint density at radius 3 is 2.42 bits per heavy atom. The maximum atomic E-state index is 12.6. The predicted octanol–water partition coefficient (Wildman–Crippen LogP) is 4.07. The van der Waals surface area contributed by atoms with Gasteiger partial charge in [-0.25, -0.2) is 5.01 Å². The third-order valence-corrected chi connectivity index (χ3v) is 4.46. The molecule has 2 aromatic rings. The molecule has 3 rings (SSSR count). The lowest BCUT2D eigenvalue weighted by atomic mass is 10.1. The molecule has 1 heterocycles. The van der Waals surface area contributed by atoms with E-state index in [1.807, 2.05) is 26.0 Å². The highest BCUT2D eigenvalue weighted by Gasteiger charge is 2.34. The Labute approximate surface area is 149 Å². The van der Waals surface area contributed by atoms with Crippen LogP contribution in [0.15, 0.2) is 42.0 Å². The molecule has 2 amide bonds. The summed E-state index contributed by atoms with van der Waals surface area (Å²) in [5.74, 6) is -0.890. The van der Waals surface area contributed by atoms with Gasteiger partial charge in [0.2, 0.25) is 0 Å². The Morgan fingerprint density at radius 1 is 1.00 bits per heavy atom. The third-order valence-electron chi connectivity index (χ3n) is 3.90. The number of hydrogen-bond donors (Lipinski definition) is 1. The van der Waals surface area contributed by atoms with Gasteiger partial charge in [0.15, 0.2) is 0 Å². The Morgan fingerprint density at radius 2 is 1.75 bits per heavy atom. The van der Waals surface area contributed by atoms with E-state index < -0.39 is 11.8 Å². The van der Waals surface area contributed by atoms with Crippen molar-refractivity contribution < 1.29 is 9.59 Å². The summed E-state index contributed by atoms with van der Waals surface area (Å²) in [6.07, 6.45) is 1.47. The van der Waals surface area contributed by atoms with Crippen LogP contribution in [0.4, 0.5) is 5.69 Å². The fraction of sp³-hybridized carbons (Fsp3) is 0.111. The number of nitrogens with one attached hydrogen (secondary N) is 1. The molecule has 4 nitrogen and oxygen atoms in total. The van der Waals surface area contributed by atoms with Crippen molar-refractivity contribution in [2.45, 2.75) is 13.8 Å². The number of nitrogens with zero attached hydrogens (tertiary/aromatic N) is 1. The number of benzene rings is 2. The number of rotatable bonds is 2. The van der Waals surface area contributed by atoms with Gasteiger partial charge in [-0.2, -0.15) is 0 Å². The summed E-state index contributed by atoms with van der Waals surface area (Å²) in [5, 5.41) is 2.10. The Kier molecular flexibility index (Phi) is 4.35. The minimum atomic E-state index is -0.468. The van der Waals surface area contributed by atoms with Crippen LogP contribution in [0, 0.1) is 13.8 Å². The number of halogens is 2. The summed E-state index contributed by atoms with van der Waals surface area (Å²) in [5.41, 5.74) is 5.92. The molecule has 0 radical (unpaired) electrons. The Hall–Kier alpha value is -2.30. The molecule has 0 bridgehead atoms. The molecule has 0 atom stereocenters. The van der Waals surface area contributed by atoms with Gasteiger partial charge < -0.3 is 0 Å². The van der Waals surface area contributed by atoms with Gasteiger partial charge in [-0.1, -0.05) is 35.3 Å². The standard InChI is InChI=1S/C18H14Cl2N2O2/c1-10-3-6-14(7-11(10)2)22-18(24)15(17(23)21-22)8-12-4-5-13(19)9-16(12)20/h3-9H,1-2H3,(H,21,23)/b15-8-. The summed E-state index contributed by atoms with van der Waals surface area (Å²) < 4.78 is 0. The van der Waals surface area contributed by atoms with Gasteiger partial charge >= 0.3 is 0 Å². The van der Waals surface area contributed by atoms with E-state index in [0.29, 0.717) is 21.3 Å². The van der Waals surface area contributed by atoms with Crippen LogP contribution in [-0.2, 0) is 9.59 Å². The molecule has 24 heavy (non-hydrogen) atoms. The number of carbonyl (C=O) groups is 2. The second-order valence-corrected chi connectivity index (χ2v) is 6.42. The molecular formula is C18H14Cl2N2O2. The van der Waals surface area contributed by atoms with E-state index in [4.69, 9.17) is 23.2 Å². The molecule has 1 N–H and O–H groups in total. The first-order valence-electron chi connectivity index (χ1n) is 7.26. The van der Waals surface area contributed by atoms with Crippen LogP contribution < -0.4 is 10.4 Å². The molecule has 1 aliphatic rings. The number of anilines is 1. The normalized spacial score (nSPS) is 16.0. The van der Waals surface area contributed by atoms with Crippen LogP contribution in [0.3, 0.4) is 0 Å².